The summed E-state index contributed by atoms with van der Waals surface area (Å²) >= 11 is 0. The molecule has 3 atom stereocenters. The molecule has 3 unspecified atom stereocenters. The zero-order chi connectivity index (χ0) is 17.8. The van der Waals surface area contributed by atoms with Crippen molar-refractivity contribution in [1.82, 2.24) is 4.90 Å². The van der Waals surface area contributed by atoms with Gasteiger partial charge in [0.05, 0.1) is 23.3 Å². The van der Waals surface area contributed by atoms with E-state index in [1.807, 2.05) is 24.3 Å². The van der Waals surface area contributed by atoms with Crippen LogP contribution >= 0.6 is 0 Å². The molecule has 25 heavy (non-hydrogen) atoms. The molecule has 2 fully saturated rings. The molecular formula is C18H22N2O4S. The van der Waals surface area contributed by atoms with Crippen molar-refractivity contribution >= 4 is 27.3 Å². The maximum atomic E-state index is 12.8. The highest BCUT2D eigenvalue weighted by molar-refractivity contribution is 7.91. The van der Waals surface area contributed by atoms with Crippen molar-refractivity contribution in [2.45, 2.75) is 25.3 Å². The first-order chi connectivity index (χ1) is 11.9. The SMILES string of the molecule is CN(C(=O)C1CC1C(=O)N1CCc2ccccc21)C1CCS(=O)(=O)C1. The van der Waals surface area contributed by atoms with Crippen LogP contribution in [0.4, 0.5) is 5.69 Å². The summed E-state index contributed by atoms with van der Waals surface area (Å²) in [4.78, 5) is 28.8. The van der Waals surface area contributed by atoms with Crippen LogP contribution in [-0.4, -0.2) is 56.3 Å². The van der Waals surface area contributed by atoms with Crippen molar-refractivity contribution in [3.63, 3.8) is 0 Å². The number of fused-ring (bicyclic) bond motifs is 1. The van der Waals surface area contributed by atoms with Gasteiger partial charge in [0.15, 0.2) is 9.84 Å². The maximum absolute atomic E-state index is 12.8. The fourth-order valence-electron chi connectivity index (χ4n) is 4.03. The number of hydrogen-bond donors (Lipinski definition) is 0. The summed E-state index contributed by atoms with van der Waals surface area (Å²) in [6.45, 7) is 0.673. The minimum Gasteiger partial charge on any atom is -0.341 e. The number of rotatable bonds is 3. The lowest BCUT2D eigenvalue weighted by atomic mass is 10.1. The Balaban J connectivity index is 1.41. The lowest BCUT2D eigenvalue weighted by Gasteiger charge is -2.24. The van der Waals surface area contributed by atoms with Crippen LogP contribution in [0.2, 0.25) is 0 Å². The summed E-state index contributed by atoms with van der Waals surface area (Å²) in [6.07, 6.45) is 1.92. The Kier molecular flexibility index (Phi) is 3.86. The van der Waals surface area contributed by atoms with Crippen LogP contribution in [0.1, 0.15) is 18.4 Å². The number of benzene rings is 1. The highest BCUT2D eigenvalue weighted by atomic mass is 32.2. The average Bonchev–Trinajstić information content (AvgIpc) is 3.14. The van der Waals surface area contributed by atoms with E-state index < -0.39 is 9.84 Å². The van der Waals surface area contributed by atoms with E-state index in [4.69, 9.17) is 0 Å². The fourth-order valence-corrected chi connectivity index (χ4v) is 5.80. The molecule has 2 aliphatic heterocycles. The topological polar surface area (TPSA) is 74.8 Å². The van der Waals surface area contributed by atoms with Gasteiger partial charge in [-0.05, 0) is 30.9 Å². The lowest BCUT2D eigenvalue weighted by Crippen LogP contribution is -2.40. The van der Waals surface area contributed by atoms with E-state index >= 15 is 0 Å². The van der Waals surface area contributed by atoms with Crippen LogP contribution in [-0.2, 0) is 25.8 Å². The van der Waals surface area contributed by atoms with E-state index in [-0.39, 0.29) is 41.2 Å². The van der Waals surface area contributed by atoms with E-state index in [9.17, 15) is 18.0 Å². The lowest BCUT2D eigenvalue weighted by molar-refractivity contribution is -0.134. The molecule has 2 heterocycles. The van der Waals surface area contributed by atoms with Gasteiger partial charge in [-0.2, -0.15) is 0 Å². The molecule has 6 nitrogen and oxygen atoms in total. The second-order valence-electron chi connectivity index (χ2n) is 7.32. The highest BCUT2D eigenvalue weighted by Gasteiger charge is 2.52. The molecule has 7 heteroatoms. The molecule has 3 aliphatic rings. The molecule has 1 aromatic rings. The number of para-hydroxylation sites is 1. The van der Waals surface area contributed by atoms with Crippen LogP contribution in [0.5, 0.6) is 0 Å². The molecule has 1 aromatic carbocycles. The third-order valence-electron chi connectivity index (χ3n) is 5.68. The predicted molar refractivity (Wildman–Crippen MR) is 93.9 cm³/mol. The summed E-state index contributed by atoms with van der Waals surface area (Å²) in [5.74, 6) is -0.441. The fraction of sp³-hybridized carbons (Fsp3) is 0.556. The summed E-state index contributed by atoms with van der Waals surface area (Å²) in [5, 5.41) is 0. The van der Waals surface area contributed by atoms with E-state index in [0.717, 1.165) is 12.1 Å². The Morgan fingerprint density at radius 3 is 2.68 bits per heavy atom. The second-order valence-corrected chi connectivity index (χ2v) is 9.55. The van der Waals surface area contributed by atoms with Crippen molar-refractivity contribution < 1.29 is 18.0 Å². The number of hydrogen-bond acceptors (Lipinski definition) is 4. The Hall–Kier alpha value is -1.89. The normalized spacial score (nSPS) is 29.3. The first-order valence-corrected chi connectivity index (χ1v) is 10.6. The molecule has 4 rings (SSSR count). The number of amides is 2. The van der Waals surface area contributed by atoms with Crippen LogP contribution in [0.15, 0.2) is 24.3 Å². The molecule has 1 aliphatic carbocycles. The quantitative estimate of drug-likeness (QED) is 0.799. The Labute approximate surface area is 147 Å². The van der Waals surface area contributed by atoms with Gasteiger partial charge in [-0.1, -0.05) is 18.2 Å². The van der Waals surface area contributed by atoms with Gasteiger partial charge in [0, 0.05) is 25.3 Å². The summed E-state index contributed by atoms with van der Waals surface area (Å²) < 4.78 is 23.2. The predicted octanol–water partition coefficient (Wildman–Crippen LogP) is 0.857. The zero-order valence-corrected chi connectivity index (χ0v) is 15.0. The van der Waals surface area contributed by atoms with Crippen molar-refractivity contribution in [2.75, 3.05) is 30.0 Å². The number of carbonyl (C=O) groups excluding carboxylic acids is 2. The molecule has 0 aromatic heterocycles. The zero-order valence-electron chi connectivity index (χ0n) is 14.2. The molecule has 0 N–H and O–H groups in total. The van der Waals surface area contributed by atoms with Gasteiger partial charge in [-0.15, -0.1) is 0 Å². The van der Waals surface area contributed by atoms with Gasteiger partial charge in [0.2, 0.25) is 11.8 Å². The summed E-state index contributed by atoms with van der Waals surface area (Å²) in [7, 11) is -1.36. The Morgan fingerprint density at radius 1 is 1.20 bits per heavy atom. The molecule has 1 saturated carbocycles. The van der Waals surface area contributed by atoms with E-state index in [1.54, 1.807) is 16.8 Å². The van der Waals surface area contributed by atoms with Crippen LogP contribution in [0.25, 0.3) is 0 Å². The van der Waals surface area contributed by atoms with Gasteiger partial charge >= 0.3 is 0 Å². The molecule has 0 bridgehead atoms. The van der Waals surface area contributed by atoms with Crippen molar-refractivity contribution in [2.24, 2.45) is 11.8 Å². The van der Waals surface area contributed by atoms with Gasteiger partial charge in [-0.25, -0.2) is 8.42 Å². The maximum Gasteiger partial charge on any atom is 0.230 e. The minimum absolute atomic E-state index is 0.0238. The minimum atomic E-state index is -3.02. The molecule has 0 radical (unpaired) electrons. The van der Waals surface area contributed by atoms with Crippen LogP contribution in [0.3, 0.4) is 0 Å². The smallest absolute Gasteiger partial charge is 0.230 e. The number of sulfone groups is 1. The Morgan fingerprint density at radius 2 is 1.96 bits per heavy atom. The monoisotopic (exact) mass is 362 g/mol. The molecule has 2 amide bonds. The second kappa shape index (κ2) is 5.83. The standard InChI is InChI=1S/C18H22N2O4S/c1-19(13-7-9-25(23,24)11-13)17(21)14-10-15(14)18(22)20-8-6-12-4-2-3-5-16(12)20/h2-5,13-15H,6-11H2,1H3. The van der Waals surface area contributed by atoms with Gasteiger partial charge < -0.3 is 9.80 Å². The van der Waals surface area contributed by atoms with Gasteiger partial charge in [0.1, 0.15) is 0 Å². The highest BCUT2D eigenvalue weighted by Crippen LogP contribution is 2.43. The largest absolute Gasteiger partial charge is 0.341 e. The van der Waals surface area contributed by atoms with Crippen molar-refractivity contribution in [3.05, 3.63) is 29.8 Å². The molecular weight excluding hydrogens is 340 g/mol. The van der Waals surface area contributed by atoms with Gasteiger partial charge in [-0.3, -0.25) is 9.59 Å². The van der Waals surface area contributed by atoms with E-state index in [1.165, 1.54) is 5.56 Å². The molecule has 0 spiro atoms. The molecule has 134 valence electrons. The van der Waals surface area contributed by atoms with E-state index in [2.05, 4.69) is 0 Å². The third-order valence-corrected chi connectivity index (χ3v) is 7.43. The Bertz CT molecular complexity index is 835. The summed E-state index contributed by atoms with van der Waals surface area (Å²) in [6, 6.07) is 7.64. The average molecular weight is 362 g/mol. The molecule has 1 saturated heterocycles. The van der Waals surface area contributed by atoms with Crippen LogP contribution in [0, 0.1) is 11.8 Å². The van der Waals surface area contributed by atoms with Gasteiger partial charge in [0.25, 0.3) is 0 Å². The summed E-state index contributed by atoms with van der Waals surface area (Å²) in [5.41, 5.74) is 2.13. The van der Waals surface area contributed by atoms with Crippen molar-refractivity contribution in [1.29, 1.82) is 0 Å². The number of nitrogens with zero attached hydrogens (tertiary/aromatic N) is 2. The first-order valence-electron chi connectivity index (χ1n) is 8.74. The van der Waals surface area contributed by atoms with E-state index in [0.29, 0.717) is 19.4 Å². The van der Waals surface area contributed by atoms with Crippen molar-refractivity contribution in [3.8, 4) is 0 Å². The van der Waals surface area contributed by atoms with Crippen LogP contribution < -0.4 is 4.90 Å². The number of anilines is 1. The number of carbonyl (C=O) groups is 2. The first kappa shape index (κ1) is 16.6. The third kappa shape index (κ3) is 2.94.